The Morgan fingerprint density at radius 2 is 1.83 bits per heavy atom. The maximum atomic E-state index is 13.1. The molecule has 1 unspecified atom stereocenters. The van der Waals surface area contributed by atoms with Crippen LogP contribution in [-0.2, 0) is 9.59 Å². The van der Waals surface area contributed by atoms with E-state index in [4.69, 9.17) is 0 Å². The molecule has 24 heavy (non-hydrogen) atoms. The number of β-lactam (4-membered cyclic amide) rings is 1. The lowest BCUT2D eigenvalue weighted by atomic mass is 9.73. The highest BCUT2D eigenvalue weighted by molar-refractivity contribution is 5.94. The van der Waals surface area contributed by atoms with E-state index in [9.17, 15) is 9.59 Å². The van der Waals surface area contributed by atoms with Gasteiger partial charge in [-0.25, -0.2) is 0 Å². The van der Waals surface area contributed by atoms with E-state index < -0.39 is 0 Å². The molecule has 0 radical (unpaired) electrons. The Bertz CT molecular complexity index is 571. The third-order valence-corrected chi connectivity index (χ3v) is 6.58. The van der Waals surface area contributed by atoms with E-state index in [2.05, 4.69) is 38.2 Å². The summed E-state index contributed by atoms with van der Waals surface area (Å²) < 4.78 is 0. The molecule has 3 aliphatic carbocycles. The van der Waals surface area contributed by atoms with Gasteiger partial charge < -0.3 is 10.2 Å². The largest absolute Gasteiger partial charge is 0.352 e. The van der Waals surface area contributed by atoms with Gasteiger partial charge in [0, 0.05) is 6.04 Å². The standard InChI is InChI=1S/C20H30N2O2/c1-20(2,3)17(18(23)21-14-7-5-4-6-8-14)22-16-13-10-9-12(11-13)15(16)19(22)24/h9-10,12-17H,4-8,11H2,1-3H3,(H,21,23)/t12-,13+,15+,16-,17?/m0/s1. The lowest BCUT2D eigenvalue weighted by molar-refractivity contribution is -0.171. The second-order valence-corrected chi connectivity index (χ2v) is 9.32. The van der Waals surface area contributed by atoms with Crippen LogP contribution in [0.1, 0.15) is 59.3 Å². The van der Waals surface area contributed by atoms with E-state index in [1.807, 2.05) is 4.90 Å². The first-order valence-electron chi connectivity index (χ1n) is 9.69. The number of hydrogen-bond donors (Lipinski definition) is 1. The first-order chi connectivity index (χ1) is 11.4. The molecule has 0 aromatic rings. The predicted molar refractivity (Wildman–Crippen MR) is 93.1 cm³/mol. The van der Waals surface area contributed by atoms with Gasteiger partial charge in [-0.1, -0.05) is 52.2 Å². The lowest BCUT2D eigenvalue weighted by Crippen LogP contribution is -2.71. The van der Waals surface area contributed by atoms with Crippen LogP contribution in [0.2, 0.25) is 0 Å². The number of rotatable bonds is 3. The Labute approximate surface area is 145 Å². The van der Waals surface area contributed by atoms with E-state index in [1.165, 1.54) is 19.3 Å². The Hall–Kier alpha value is -1.32. The molecular formula is C20H30N2O2. The summed E-state index contributed by atoms with van der Waals surface area (Å²) in [7, 11) is 0. The van der Waals surface area contributed by atoms with Crippen LogP contribution in [0, 0.1) is 23.2 Å². The van der Waals surface area contributed by atoms with Crippen molar-refractivity contribution in [2.75, 3.05) is 0 Å². The van der Waals surface area contributed by atoms with Crippen molar-refractivity contribution >= 4 is 11.8 Å². The maximum absolute atomic E-state index is 13.1. The van der Waals surface area contributed by atoms with E-state index in [0.29, 0.717) is 17.9 Å². The number of amides is 2. The smallest absolute Gasteiger partial charge is 0.243 e. The third kappa shape index (κ3) is 2.41. The molecular weight excluding hydrogens is 300 g/mol. The minimum atomic E-state index is -0.346. The zero-order chi connectivity index (χ0) is 17.1. The molecule has 132 valence electrons. The summed E-state index contributed by atoms with van der Waals surface area (Å²) >= 11 is 0. The van der Waals surface area contributed by atoms with E-state index >= 15 is 0 Å². The van der Waals surface area contributed by atoms with Crippen LogP contribution in [0.5, 0.6) is 0 Å². The minimum Gasteiger partial charge on any atom is -0.352 e. The van der Waals surface area contributed by atoms with Crippen molar-refractivity contribution in [1.82, 2.24) is 10.2 Å². The molecule has 5 atom stereocenters. The number of carbonyl (C=O) groups is 2. The molecule has 0 aromatic carbocycles. The van der Waals surface area contributed by atoms with Crippen molar-refractivity contribution in [3.8, 4) is 0 Å². The number of allylic oxidation sites excluding steroid dienone is 1. The second-order valence-electron chi connectivity index (χ2n) is 9.32. The molecule has 2 bridgehead atoms. The van der Waals surface area contributed by atoms with Gasteiger partial charge in [0.1, 0.15) is 6.04 Å². The fraction of sp³-hybridized carbons (Fsp3) is 0.800. The fourth-order valence-electron chi connectivity index (χ4n) is 5.50. The fourth-order valence-corrected chi connectivity index (χ4v) is 5.50. The summed E-state index contributed by atoms with van der Waals surface area (Å²) in [5.74, 6) is 1.30. The Kier molecular flexibility index (Phi) is 3.77. The van der Waals surface area contributed by atoms with Gasteiger partial charge in [-0.2, -0.15) is 0 Å². The third-order valence-electron chi connectivity index (χ3n) is 6.58. The normalized spacial score (nSPS) is 36.5. The monoisotopic (exact) mass is 330 g/mol. The molecule has 3 fully saturated rings. The highest BCUT2D eigenvalue weighted by Gasteiger charge is 2.63. The molecule has 4 rings (SSSR count). The molecule has 4 nitrogen and oxygen atoms in total. The van der Waals surface area contributed by atoms with Gasteiger partial charge in [0.2, 0.25) is 11.8 Å². The molecule has 1 heterocycles. The molecule has 1 aliphatic heterocycles. The summed E-state index contributed by atoms with van der Waals surface area (Å²) in [5, 5.41) is 3.27. The average Bonchev–Trinajstić information content (AvgIpc) is 3.10. The molecule has 0 aromatic heterocycles. The van der Waals surface area contributed by atoms with Crippen LogP contribution in [0.15, 0.2) is 12.2 Å². The van der Waals surface area contributed by atoms with Gasteiger partial charge in [0.25, 0.3) is 0 Å². The summed E-state index contributed by atoms with van der Waals surface area (Å²) in [6, 6.07) is 0.206. The van der Waals surface area contributed by atoms with Gasteiger partial charge in [-0.3, -0.25) is 9.59 Å². The van der Waals surface area contributed by atoms with E-state index in [1.54, 1.807) is 0 Å². The molecule has 1 saturated heterocycles. The van der Waals surface area contributed by atoms with E-state index in [-0.39, 0.29) is 35.2 Å². The Morgan fingerprint density at radius 3 is 2.50 bits per heavy atom. The van der Waals surface area contributed by atoms with Gasteiger partial charge in [-0.05, 0) is 36.5 Å². The van der Waals surface area contributed by atoms with Crippen LogP contribution in [0.4, 0.5) is 0 Å². The highest BCUT2D eigenvalue weighted by atomic mass is 16.2. The first-order valence-corrected chi connectivity index (χ1v) is 9.69. The van der Waals surface area contributed by atoms with Crippen LogP contribution < -0.4 is 5.32 Å². The quantitative estimate of drug-likeness (QED) is 0.639. The lowest BCUT2D eigenvalue weighted by Gasteiger charge is -2.54. The SMILES string of the molecule is CC(C)(C)C(C(=O)NC1CCCCC1)N1C(=O)[C@H]2[C@@H]1[C@@H]1C=C[C@H]2C1. The number of nitrogens with zero attached hydrogens (tertiary/aromatic N) is 1. The van der Waals surface area contributed by atoms with Crippen LogP contribution in [0.25, 0.3) is 0 Å². The number of likely N-dealkylation sites (tertiary alicyclic amines) is 1. The van der Waals surface area contributed by atoms with Crippen LogP contribution >= 0.6 is 0 Å². The van der Waals surface area contributed by atoms with Crippen molar-refractivity contribution in [2.45, 2.75) is 77.4 Å². The second kappa shape index (κ2) is 5.60. The van der Waals surface area contributed by atoms with Gasteiger partial charge in [0.15, 0.2) is 0 Å². The minimum absolute atomic E-state index is 0.0629. The number of carbonyl (C=O) groups excluding carboxylic acids is 2. The summed E-state index contributed by atoms with van der Waals surface area (Å²) in [6.07, 6.45) is 11.4. The maximum Gasteiger partial charge on any atom is 0.243 e. The van der Waals surface area contributed by atoms with Crippen molar-refractivity contribution in [3.05, 3.63) is 12.2 Å². The van der Waals surface area contributed by atoms with Crippen molar-refractivity contribution in [2.24, 2.45) is 23.2 Å². The Balaban J connectivity index is 1.53. The molecule has 1 N–H and O–H groups in total. The highest BCUT2D eigenvalue weighted by Crippen LogP contribution is 2.54. The number of fused-ring (bicyclic) bond motifs is 5. The topological polar surface area (TPSA) is 49.4 Å². The van der Waals surface area contributed by atoms with Gasteiger partial charge in [-0.15, -0.1) is 0 Å². The molecule has 4 aliphatic rings. The number of nitrogens with one attached hydrogen (secondary N) is 1. The predicted octanol–water partition coefficient (Wildman–Crippen LogP) is 2.88. The zero-order valence-corrected chi connectivity index (χ0v) is 15.1. The summed E-state index contributed by atoms with van der Waals surface area (Å²) in [4.78, 5) is 27.9. The molecule has 2 amide bonds. The van der Waals surface area contributed by atoms with Crippen molar-refractivity contribution in [1.29, 1.82) is 0 Å². The molecule has 4 heteroatoms. The van der Waals surface area contributed by atoms with Crippen molar-refractivity contribution < 1.29 is 9.59 Å². The van der Waals surface area contributed by atoms with E-state index in [0.717, 1.165) is 19.3 Å². The summed E-state index contributed by atoms with van der Waals surface area (Å²) in [5.41, 5.74) is -0.245. The molecule has 2 saturated carbocycles. The molecule has 0 spiro atoms. The first kappa shape index (κ1) is 16.2. The number of hydrogen-bond acceptors (Lipinski definition) is 2. The van der Waals surface area contributed by atoms with Gasteiger partial charge >= 0.3 is 0 Å². The van der Waals surface area contributed by atoms with Crippen LogP contribution in [-0.4, -0.2) is 34.8 Å². The van der Waals surface area contributed by atoms with Crippen molar-refractivity contribution in [3.63, 3.8) is 0 Å². The zero-order valence-electron chi connectivity index (χ0n) is 15.1. The van der Waals surface area contributed by atoms with Gasteiger partial charge in [0.05, 0.1) is 12.0 Å². The average molecular weight is 330 g/mol. The van der Waals surface area contributed by atoms with Crippen LogP contribution in [0.3, 0.4) is 0 Å². The Morgan fingerprint density at radius 1 is 1.17 bits per heavy atom. The summed E-state index contributed by atoms with van der Waals surface area (Å²) in [6.45, 7) is 6.26.